The van der Waals surface area contributed by atoms with Crippen LogP contribution < -0.4 is 10.1 Å². The minimum Gasteiger partial charge on any atom is -0.497 e. The van der Waals surface area contributed by atoms with Crippen LogP contribution in [-0.4, -0.2) is 42.2 Å². The molecule has 0 saturated heterocycles. The maximum absolute atomic E-state index is 13.2. The first-order valence-corrected chi connectivity index (χ1v) is 12.0. The summed E-state index contributed by atoms with van der Waals surface area (Å²) in [5.74, 6) is 1.32. The van der Waals surface area contributed by atoms with Crippen LogP contribution in [0.5, 0.6) is 5.75 Å². The molecule has 0 aliphatic heterocycles. The number of benzene rings is 2. The highest BCUT2D eigenvalue weighted by Crippen LogP contribution is 2.21. The second-order valence-corrected chi connectivity index (χ2v) is 8.52. The summed E-state index contributed by atoms with van der Waals surface area (Å²) >= 11 is 1.66. The van der Waals surface area contributed by atoms with Crippen molar-refractivity contribution < 1.29 is 14.3 Å². The lowest BCUT2D eigenvalue weighted by Crippen LogP contribution is -2.49. The van der Waals surface area contributed by atoms with Gasteiger partial charge in [-0.3, -0.25) is 9.59 Å². The third kappa shape index (κ3) is 8.29. The van der Waals surface area contributed by atoms with Crippen molar-refractivity contribution >= 4 is 23.6 Å². The number of methoxy groups -OCH3 is 1. The summed E-state index contributed by atoms with van der Waals surface area (Å²) in [4.78, 5) is 29.0. The zero-order valence-corrected chi connectivity index (χ0v) is 19.6. The van der Waals surface area contributed by atoms with Gasteiger partial charge in [-0.15, -0.1) is 11.8 Å². The third-order valence-corrected chi connectivity index (χ3v) is 6.04. The maximum atomic E-state index is 13.2. The molecule has 0 radical (unpaired) electrons. The van der Waals surface area contributed by atoms with Crippen molar-refractivity contribution in [1.29, 1.82) is 0 Å². The van der Waals surface area contributed by atoms with Gasteiger partial charge in [-0.2, -0.15) is 0 Å². The monoisotopic (exact) mass is 442 g/mol. The number of thioether (sulfide) groups is 1. The number of carbonyl (C=O) groups is 2. The Balaban J connectivity index is 2.12. The highest BCUT2D eigenvalue weighted by Gasteiger charge is 2.28. The Hall–Kier alpha value is -2.47. The normalized spacial score (nSPS) is 11.6. The van der Waals surface area contributed by atoms with Gasteiger partial charge < -0.3 is 15.0 Å². The summed E-state index contributed by atoms with van der Waals surface area (Å²) in [6.45, 7) is 5.06. The fourth-order valence-electron chi connectivity index (χ4n) is 3.31. The van der Waals surface area contributed by atoms with Gasteiger partial charge in [-0.05, 0) is 42.7 Å². The van der Waals surface area contributed by atoms with E-state index in [2.05, 4.69) is 12.2 Å². The van der Waals surface area contributed by atoms with E-state index in [-0.39, 0.29) is 11.8 Å². The van der Waals surface area contributed by atoms with Crippen molar-refractivity contribution in [2.45, 2.75) is 57.0 Å². The Labute approximate surface area is 190 Å². The number of hydrogen-bond acceptors (Lipinski definition) is 4. The quantitative estimate of drug-likeness (QED) is 0.354. The van der Waals surface area contributed by atoms with E-state index in [0.717, 1.165) is 29.1 Å². The van der Waals surface area contributed by atoms with Crippen molar-refractivity contribution in [1.82, 2.24) is 10.2 Å². The molecule has 2 rings (SSSR count). The zero-order chi connectivity index (χ0) is 22.5. The van der Waals surface area contributed by atoms with Gasteiger partial charge >= 0.3 is 0 Å². The van der Waals surface area contributed by atoms with E-state index in [4.69, 9.17) is 4.74 Å². The summed E-state index contributed by atoms with van der Waals surface area (Å²) < 4.78 is 5.32. The lowest BCUT2D eigenvalue weighted by atomic mass is 10.1. The molecular weight excluding hydrogens is 408 g/mol. The Morgan fingerprint density at radius 1 is 1.10 bits per heavy atom. The van der Waals surface area contributed by atoms with Gasteiger partial charge in [0.1, 0.15) is 11.8 Å². The number of nitrogens with one attached hydrogen (secondary N) is 1. The minimum atomic E-state index is -0.489. The van der Waals surface area contributed by atoms with E-state index in [1.165, 1.54) is 0 Å². The van der Waals surface area contributed by atoms with Crippen LogP contribution >= 0.6 is 11.8 Å². The highest BCUT2D eigenvalue weighted by atomic mass is 32.2. The van der Waals surface area contributed by atoms with Crippen LogP contribution in [0.25, 0.3) is 0 Å². The second kappa shape index (κ2) is 13.8. The largest absolute Gasteiger partial charge is 0.497 e. The van der Waals surface area contributed by atoms with E-state index in [1.54, 1.807) is 23.8 Å². The fraction of sp³-hybridized carbons (Fsp3) is 0.440. The van der Waals surface area contributed by atoms with E-state index in [9.17, 15) is 9.59 Å². The van der Waals surface area contributed by atoms with E-state index < -0.39 is 6.04 Å². The molecule has 0 spiro atoms. The molecule has 0 fully saturated rings. The van der Waals surface area contributed by atoms with Crippen molar-refractivity contribution in [2.24, 2.45) is 0 Å². The van der Waals surface area contributed by atoms with Crippen LogP contribution in [0, 0.1) is 0 Å². The van der Waals surface area contributed by atoms with Gasteiger partial charge in [-0.1, -0.05) is 50.6 Å². The average molecular weight is 443 g/mol. The molecule has 0 saturated carbocycles. The van der Waals surface area contributed by atoms with Crippen LogP contribution in [0.3, 0.4) is 0 Å². The zero-order valence-electron chi connectivity index (χ0n) is 18.8. The van der Waals surface area contributed by atoms with Crippen molar-refractivity contribution in [3.63, 3.8) is 0 Å². The summed E-state index contributed by atoms with van der Waals surface area (Å²) in [5, 5.41) is 3.00. The van der Waals surface area contributed by atoms with Crippen LogP contribution in [0.4, 0.5) is 0 Å². The van der Waals surface area contributed by atoms with Gasteiger partial charge in [0.05, 0.1) is 7.11 Å². The van der Waals surface area contributed by atoms with Gasteiger partial charge in [-0.25, -0.2) is 0 Å². The minimum absolute atomic E-state index is 0.0104. The fourth-order valence-corrected chi connectivity index (χ4v) is 4.17. The number of nitrogens with zero attached hydrogens (tertiary/aromatic N) is 1. The predicted molar refractivity (Wildman–Crippen MR) is 127 cm³/mol. The standard InChI is InChI=1S/C25H34N2O3S/c1-4-6-16-26-25(29)23(5-2)27(19-20-11-10-12-21(18-20)30-3)24(28)15-17-31-22-13-8-7-9-14-22/h7-14,18,23H,4-6,15-17,19H2,1-3H3,(H,26,29)/t23-/m1/s1. The average Bonchev–Trinajstić information content (AvgIpc) is 2.80. The summed E-state index contributed by atoms with van der Waals surface area (Å²) in [5.41, 5.74) is 0.947. The molecule has 0 aromatic heterocycles. The summed E-state index contributed by atoms with van der Waals surface area (Å²) in [6.07, 6.45) is 2.89. The van der Waals surface area contributed by atoms with Crippen LogP contribution in [0.15, 0.2) is 59.5 Å². The molecule has 0 bridgehead atoms. The molecule has 0 heterocycles. The highest BCUT2D eigenvalue weighted by molar-refractivity contribution is 7.99. The molecule has 1 N–H and O–H groups in total. The van der Waals surface area contributed by atoms with Crippen molar-refractivity contribution in [3.8, 4) is 5.75 Å². The number of amides is 2. The topological polar surface area (TPSA) is 58.6 Å². The number of hydrogen-bond donors (Lipinski definition) is 1. The molecule has 2 aromatic rings. The third-order valence-electron chi connectivity index (χ3n) is 5.03. The van der Waals surface area contributed by atoms with Gasteiger partial charge in [0, 0.05) is 30.2 Å². The summed E-state index contributed by atoms with van der Waals surface area (Å²) in [6, 6.07) is 17.2. The molecule has 2 amide bonds. The summed E-state index contributed by atoms with van der Waals surface area (Å²) in [7, 11) is 1.62. The molecule has 31 heavy (non-hydrogen) atoms. The van der Waals surface area contributed by atoms with Gasteiger partial charge in [0.15, 0.2) is 0 Å². The first kappa shape index (κ1) is 24.8. The Morgan fingerprint density at radius 3 is 2.55 bits per heavy atom. The van der Waals surface area contributed by atoms with E-state index in [0.29, 0.717) is 31.7 Å². The van der Waals surface area contributed by atoms with Crippen molar-refractivity contribution in [2.75, 3.05) is 19.4 Å². The molecule has 5 nitrogen and oxygen atoms in total. The van der Waals surface area contributed by atoms with Gasteiger partial charge in [0.25, 0.3) is 0 Å². The number of unbranched alkanes of at least 4 members (excludes halogenated alkanes) is 1. The number of carbonyl (C=O) groups excluding carboxylic acids is 2. The second-order valence-electron chi connectivity index (χ2n) is 7.35. The smallest absolute Gasteiger partial charge is 0.242 e. The first-order chi connectivity index (χ1) is 15.1. The van der Waals surface area contributed by atoms with Crippen molar-refractivity contribution in [3.05, 3.63) is 60.2 Å². The van der Waals surface area contributed by atoms with Crippen LogP contribution in [0.2, 0.25) is 0 Å². The molecule has 168 valence electrons. The van der Waals surface area contributed by atoms with E-state index >= 15 is 0 Å². The molecular formula is C25H34N2O3S. The molecule has 1 atom stereocenters. The Kier molecular flexibility index (Phi) is 11.0. The predicted octanol–water partition coefficient (Wildman–Crippen LogP) is 4.90. The molecule has 2 aromatic carbocycles. The first-order valence-electron chi connectivity index (χ1n) is 11.0. The number of rotatable bonds is 13. The lowest BCUT2D eigenvalue weighted by molar-refractivity contribution is -0.141. The maximum Gasteiger partial charge on any atom is 0.242 e. The van der Waals surface area contributed by atoms with E-state index in [1.807, 2.05) is 61.5 Å². The number of ether oxygens (including phenoxy) is 1. The lowest BCUT2D eigenvalue weighted by Gasteiger charge is -2.31. The van der Waals surface area contributed by atoms with Crippen LogP contribution in [0.1, 0.15) is 45.1 Å². The Bertz CT molecular complexity index is 813. The molecule has 0 aliphatic carbocycles. The molecule has 0 unspecified atom stereocenters. The van der Waals surface area contributed by atoms with Gasteiger partial charge in [0.2, 0.25) is 11.8 Å². The molecule has 0 aliphatic rings. The Morgan fingerprint density at radius 2 is 1.87 bits per heavy atom. The SMILES string of the molecule is CCCCNC(=O)[C@@H](CC)N(Cc1cccc(OC)c1)C(=O)CCSc1ccccc1. The van der Waals surface area contributed by atoms with Crippen LogP contribution in [-0.2, 0) is 16.1 Å². The molecule has 6 heteroatoms.